The highest BCUT2D eigenvalue weighted by Gasteiger charge is 2.28. The van der Waals surface area contributed by atoms with Crippen LogP contribution in [0.1, 0.15) is 34.6 Å². The van der Waals surface area contributed by atoms with Crippen molar-refractivity contribution in [3.63, 3.8) is 0 Å². The molecule has 0 radical (unpaired) electrons. The Hall–Kier alpha value is -3.00. The molecule has 2 aromatic rings. The smallest absolute Gasteiger partial charge is 0.414 e. The lowest BCUT2D eigenvalue weighted by Gasteiger charge is -2.30. The van der Waals surface area contributed by atoms with Crippen LogP contribution >= 0.6 is 11.3 Å². The molecule has 27 heavy (non-hydrogen) atoms. The summed E-state index contributed by atoms with van der Waals surface area (Å²) in [5.74, 6) is -0.00590. The zero-order valence-electron chi connectivity index (χ0n) is 15.4. The van der Waals surface area contributed by atoms with Crippen LogP contribution in [0.15, 0.2) is 35.3 Å². The van der Waals surface area contributed by atoms with Gasteiger partial charge >= 0.3 is 6.09 Å². The molecule has 0 spiro atoms. The molecule has 7 nitrogen and oxygen atoms in total. The summed E-state index contributed by atoms with van der Waals surface area (Å²) in [6.07, 6.45) is -0.417. The number of methoxy groups -OCH3 is 1. The van der Waals surface area contributed by atoms with Gasteiger partial charge in [-0.25, -0.2) is 4.79 Å². The zero-order chi connectivity index (χ0) is 19.6. The molecule has 0 bridgehead atoms. The fourth-order valence-electron chi connectivity index (χ4n) is 2.94. The molecule has 1 aromatic carbocycles. The quantitative estimate of drug-likeness (QED) is 0.817. The number of carbonyl (C=O) groups excluding carboxylic acids is 2. The highest BCUT2D eigenvalue weighted by Crippen LogP contribution is 2.37. The standard InChI is InChI=1S/C19H21N3O4S/c1-4-26-15-9-12(18(20)23)5-6-14(15)21-17-11(2)22(19(24)25-3)10-16-13(17)7-8-27-16/h5-9,21H,4,10H2,1-3H3,(H2,20,23). The minimum atomic E-state index is -0.521. The van der Waals surface area contributed by atoms with Gasteiger partial charge in [-0.1, -0.05) is 0 Å². The largest absolute Gasteiger partial charge is 0.492 e. The number of anilines is 1. The minimum absolute atomic E-state index is 0.366. The molecule has 1 aliphatic heterocycles. The number of hydrogen-bond donors (Lipinski definition) is 2. The maximum absolute atomic E-state index is 12.2. The van der Waals surface area contributed by atoms with Crippen molar-refractivity contribution in [2.75, 3.05) is 19.0 Å². The first-order valence-corrected chi connectivity index (χ1v) is 9.31. The van der Waals surface area contributed by atoms with Crippen LogP contribution < -0.4 is 15.8 Å². The van der Waals surface area contributed by atoms with Crippen LogP contribution in [0.3, 0.4) is 0 Å². The van der Waals surface area contributed by atoms with Crippen molar-refractivity contribution in [1.82, 2.24) is 4.90 Å². The number of nitrogens with two attached hydrogens (primary N) is 1. The van der Waals surface area contributed by atoms with Crippen molar-refractivity contribution in [3.05, 3.63) is 51.3 Å². The van der Waals surface area contributed by atoms with E-state index in [9.17, 15) is 9.59 Å². The number of carbonyl (C=O) groups is 2. The first-order chi connectivity index (χ1) is 13.0. The van der Waals surface area contributed by atoms with E-state index in [0.717, 1.165) is 21.8 Å². The second-order valence-corrected chi connectivity index (χ2v) is 6.91. The second-order valence-electron chi connectivity index (χ2n) is 5.91. The molecule has 0 fully saturated rings. The normalized spacial score (nSPS) is 13.2. The van der Waals surface area contributed by atoms with Gasteiger partial charge in [-0.3, -0.25) is 9.69 Å². The summed E-state index contributed by atoms with van der Waals surface area (Å²) in [7, 11) is 1.36. The van der Waals surface area contributed by atoms with E-state index in [1.165, 1.54) is 7.11 Å². The Balaban J connectivity index is 2.04. The van der Waals surface area contributed by atoms with Crippen LogP contribution in [-0.4, -0.2) is 30.6 Å². The van der Waals surface area contributed by atoms with Crippen LogP contribution in [-0.2, 0) is 11.3 Å². The van der Waals surface area contributed by atoms with Gasteiger partial charge in [0.05, 0.1) is 31.6 Å². The summed E-state index contributed by atoms with van der Waals surface area (Å²) in [6, 6.07) is 7.01. The molecule has 1 aromatic heterocycles. The van der Waals surface area contributed by atoms with E-state index < -0.39 is 12.0 Å². The lowest BCUT2D eigenvalue weighted by atomic mass is 10.1. The number of ether oxygens (including phenoxy) is 2. The fourth-order valence-corrected chi connectivity index (χ4v) is 3.80. The number of nitrogens with zero attached hydrogens (tertiary/aromatic N) is 1. The van der Waals surface area contributed by atoms with Gasteiger partial charge < -0.3 is 20.5 Å². The molecule has 0 aliphatic carbocycles. The van der Waals surface area contributed by atoms with Crippen LogP contribution in [0, 0.1) is 0 Å². The molecular formula is C19H21N3O4S. The highest BCUT2D eigenvalue weighted by atomic mass is 32.1. The Morgan fingerprint density at radius 2 is 2.11 bits per heavy atom. The number of allylic oxidation sites excluding steroid dienone is 1. The molecule has 3 rings (SSSR count). The van der Waals surface area contributed by atoms with E-state index in [2.05, 4.69) is 5.32 Å². The van der Waals surface area contributed by atoms with Crippen molar-refractivity contribution < 1.29 is 19.1 Å². The van der Waals surface area contributed by atoms with Gasteiger partial charge in [0.25, 0.3) is 0 Å². The van der Waals surface area contributed by atoms with Gasteiger partial charge in [0, 0.05) is 21.7 Å². The third-order valence-electron chi connectivity index (χ3n) is 4.30. The summed E-state index contributed by atoms with van der Waals surface area (Å²) in [5, 5.41) is 5.35. The molecule has 0 saturated heterocycles. The molecule has 0 unspecified atom stereocenters. The average Bonchev–Trinajstić information content (AvgIpc) is 3.12. The van der Waals surface area contributed by atoms with Crippen LogP contribution in [0.2, 0.25) is 0 Å². The third kappa shape index (κ3) is 3.61. The molecule has 142 valence electrons. The number of hydrogen-bond acceptors (Lipinski definition) is 6. The summed E-state index contributed by atoms with van der Waals surface area (Å²) in [4.78, 5) is 26.3. The predicted octanol–water partition coefficient (Wildman–Crippen LogP) is 3.63. The number of thiophene rings is 1. The van der Waals surface area contributed by atoms with Gasteiger partial charge in [-0.2, -0.15) is 0 Å². The van der Waals surface area contributed by atoms with Gasteiger partial charge in [0.15, 0.2) is 0 Å². The maximum atomic E-state index is 12.2. The summed E-state index contributed by atoms with van der Waals surface area (Å²) >= 11 is 1.58. The first kappa shape index (κ1) is 18.8. The summed E-state index contributed by atoms with van der Waals surface area (Å²) in [6.45, 7) is 4.63. The monoisotopic (exact) mass is 387 g/mol. The number of amides is 2. The Labute approximate surface area is 161 Å². The van der Waals surface area contributed by atoms with Gasteiger partial charge in [-0.05, 0) is 43.5 Å². The topological polar surface area (TPSA) is 93.9 Å². The molecule has 8 heteroatoms. The Bertz CT molecular complexity index is 919. The molecule has 2 amide bonds. The number of primary amides is 1. The van der Waals surface area contributed by atoms with Crippen molar-refractivity contribution in [1.29, 1.82) is 0 Å². The Morgan fingerprint density at radius 3 is 2.78 bits per heavy atom. The number of nitrogens with one attached hydrogen (secondary N) is 1. The zero-order valence-corrected chi connectivity index (χ0v) is 16.2. The van der Waals surface area contributed by atoms with E-state index in [1.807, 2.05) is 25.3 Å². The van der Waals surface area contributed by atoms with Crippen molar-refractivity contribution >= 4 is 34.7 Å². The van der Waals surface area contributed by atoms with E-state index >= 15 is 0 Å². The average molecular weight is 387 g/mol. The van der Waals surface area contributed by atoms with E-state index in [-0.39, 0.29) is 0 Å². The summed E-state index contributed by atoms with van der Waals surface area (Å²) < 4.78 is 10.6. The highest BCUT2D eigenvalue weighted by molar-refractivity contribution is 7.10. The molecule has 0 saturated carbocycles. The number of fused-ring (bicyclic) bond motifs is 1. The predicted molar refractivity (Wildman–Crippen MR) is 105 cm³/mol. The maximum Gasteiger partial charge on any atom is 0.414 e. The lowest BCUT2D eigenvalue weighted by Crippen LogP contribution is -2.32. The second kappa shape index (κ2) is 7.71. The van der Waals surface area contributed by atoms with Gasteiger partial charge in [-0.15, -0.1) is 11.3 Å². The van der Waals surface area contributed by atoms with E-state index in [0.29, 0.717) is 30.2 Å². The number of rotatable bonds is 5. The van der Waals surface area contributed by atoms with Crippen LogP contribution in [0.5, 0.6) is 5.75 Å². The third-order valence-corrected chi connectivity index (χ3v) is 5.21. The minimum Gasteiger partial charge on any atom is -0.492 e. The molecule has 2 heterocycles. The summed E-state index contributed by atoms with van der Waals surface area (Å²) in [5.41, 5.74) is 8.98. The lowest BCUT2D eigenvalue weighted by molar-refractivity contribution is 0.0999. The van der Waals surface area contributed by atoms with Crippen molar-refractivity contribution in [3.8, 4) is 5.75 Å². The fraction of sp³-hybridized carbons (Fsp3) is 0.263. The van der Waals surface area contributed by atoms with Crippen LogP contribution in [0.4, 0.5) is 10.5 Å². The van der Waals surface area contributed by atoms with E-state index in [4.69, 9.17) is 15.2 Å². The SMILES string of the molecule is CCOc1cc(C(N)=O)ccc1NC1=C(C)N(C(=O)OC)Cc2sccc21. The van der Waals surface area contributed by atoms with Crippen molar-refractivity contribution in [2.24, 2.45) is 5.73 Å². The van der Waals surface area contributed by atoms with E-state index in [1.54, 1.807) is 34.4 Å². The molecule has 3 N–H and O–H groups in total. The first-order valence-electron chi connectivity index (χ1n) is 8.43. The Kier molecular flexibility index (Phi) is 5.36. The van der Waals surface area contributed by atoms with Crippen LogP contribution in [0.25, 0.3) is 5.70 Å². The van der Waals surface area contributed by atoms with Gasteiger partial charge in [0.2, 0.25) is 5.91 Å². The molecule has 0 atom stereocenters. The molecule has 1 aliphatic rings. The van der Waals surface area contributed by atoms with Crippen molar-refractivity contribution in [2.45, 2.75) is 20.4 Å². The van der Waals surface area contributed by atoms with Gasteiger partial charge in [0.1, 0.15) is 5.75 Å². The molecular weight excluding hydrogens is 366 g/mol. The number of benzene rings is 1. The Morgan fingerprint density at radius 1 is 1.33 bits per heavy atom.